The van der Waals surface area contributed by atoms with E-state index in [9.17, 15) is 0 Å². The molecule has 2 rings (SSSR count). The largest absolute Gasteiger partial charge is 0.338 e. The highest BCUT2D eigenvalue weighted by atomic mass is 15.3. The first-order valence-corrected chi connectivity index (χ1v) is 5.13. The Hall–Kier alpha value is -2.66. The number of nitrogens with one attached hydrogen (secondary N) is 1. The van der Waals surface area contributed by atoms with Gasteiger partial charge in [-0.2, -0.15) is 0 Å². The molecule has 2 aromatic heterocycles. The Bertz CT molecular complexity index is 645. The summed E-state index contributed by atoms with van der Waals surface area (Å²) in [5.41, 5.74) is 1.21. The zero-order valence-electron chi connectivity index (χ0n) is 9.75. The second-order valence-corrected chi connectivity index (χ2v) is 3.39. The van der Waals surface area contributed by atoms with Gasteiger partial charge in [0.2, 0.25) is 0 Å². The van der Waals surface area contributed by atoms with Gasteiger partial charge in [0, 0.05) is 6.20 Å². The molecule has 0 saturated heterocycles. The molecule has 2 aromatic rings. The zero-order chi connectivity index (χ0) is 13.0. The highest BCUT2D eigenvalue weighted by molar-refractivity contribution is 5.91. The Morgan fingerprint density at radius 3 is 3.06 bits per heavy atom. The fourth-order valence-electron chi connectivity index (χ4n) is 1.52. The number of hydrogen-bond donors (Lipinski definition) is 3. The van der Waals surface area contributed by atoms with Crippen LogP contribution < -0.4 is 17.0 Å². The number of nitrogens with two attached hydrogens (primary N) is 2. The second kappa shape index (κ2) is 5.11. The van der Waals surface area contributed by atoms with E-state index in [1.165, 1.54) is 11.0 Å². The van der Waals surface area contributed by atoms with Crippen LogP contribution in [0.2, 0.25) is 0 Å². The van der Waals surface area contributed by atoms with Gasteiger partial charge >= 0.3 is 0 Å². The predicted molar refractivity (Wildman–Crippen MR) is 67.2 cm³/mol. The molecular weight excluding hydrogens is 232 g/mol. The van der Waals surface area contributed by atoms with E-state index < -0.39 is 0 Å². The molecule has 0 aliphatic heterocycles. The molecule has 8 heteroatoms. The van der Waals surface area contributed by atoms with E-state index in [4.69, 9.17) is 11.7 Å². The summed E-state index contributed by atoms with van der Waals surface area (Å²) < 4.78 is 1.37. The van der Waals surface area contributed by atoms with Crippen LogP contribution in [0.15, 0.2) is 22.9 Å². The highest BCUT2D eigenvalue weighted by Gasteiger charge is 2.12. The first kappa shape index (κ1) is 11.8. The zero-order valence-corrected chi connectivity index (χ0v) is 9.75. The van der Waals surface area contributed by atoms with Crippen LogP contribution in [-0.2, 0) is 0 Å². The minimum Gasteiger partial charge on any atom is -0.338 e. The molecule has 0 atom stereocenters. The Kier molecular flexibility index (Phi) is 3.36. The summed E-state index contributed by atoms with van der Waals surface area (Å²) in [5, 5.41) is 10.5. The molecule has 0 amide bonds. The lowest BCUT2D eigenvalue weighted by Gasteiger charge is -1.95. The monoisotopic (exact) mass is 244 g/mol. The number of rotatable bonds is 2. The van der Waals surface area contributed by atoms with E-state index in [1.807, 2.05) is 7.05 Å². The summed E-state index contributed by atoms with van der Waals surface area (Å²) in [7, 11) is 1.82. The molecule has 0 aliphatic carbocycles. The first-order valence-electron chi connectivity index (χ1n) is 5.13. The van der Waals surface area contributed by atoms with Crippen LogP contribution in [0.5, 0.6) is 0 Å². The van der Waals surface area contributed by atoms with Gasteiger partial charge in [0.25, 0.3) is 0 Å². The minimum atomic E-state index is 0.348. The highest BCUT2D eigenvalue weighted by Crippen LogP contribution is 2.25. The summed E-state index contributed by atoms with van der Waals surface area (Å²) in [4.78, 5) is 8.07. The smallest absolute Gasteiger partial charge is 0.190 e. The maximum absolute atomic E-state index is 5.79. The van der Waals surface area contributed by atoms with Crippen molar-refractivity contribution in [3.05, 3.63) is 18.1 Å². The first-order chi connectivity index (χ1) is 8.77. The molecule has 0 saturated carbocycles. The molecule has 0 unspecified atom stereocenters. The van der Waals surface area contributed by atoms with Crippen molar-refractivity contribution in [3.8, 4) is 11.8 Å². The maximum Gasteiger partial charge on any atom is 0.190 e. The standard InChI is InChI=1S/C10H12N8/c1-13-4-2-3-7-5-18(12)10-8(7)9(16-17-11)14-6-15-10/h5-6,13H,4,12H2,1H3,(H2,11,14,15,16). The van der Waals surface area contributed by atoms with Gasteiger partial charge in [0.05, 0.1) is 17.5 Å². The molecule has 0 aromatic carbocycles. The molecule has 2 heterocycles. The van der Waals surface area contributed by atoms with Crippen molar-refractivity contribution in [1.82, 2.24) is 20.0 Å². The molecule has 0 bridgehead atoms. The SMILES string of the molecule is CNCC#Cc1cn(N)c2ncnc(N=NN)c12. The summed E-state index contributed by atoms with van der Waals surface area (Å²) >= 11 is 0. The average Bonchev–Trinajstić information content (AvgIpc) is 2.69. The van der Waals surface area contributed by atoms with E-state index in [1.54, 1.807) is 6.20 Å². The van der Waals surface area contributed by atoms with Crippen LogP contribution in [0.4, 0.5) is 5.82 Å². The second-order valence-electron chi connectivity index (χ2n) is 3.39. The Labute approximate surface area is 103 Å². The molecule has 5 N–H and O–H groups in total. The molecular formula is C10H12N8. The van der Waals surface area contributed by atoms with E-state index in [0.717, 1.165) is 0 Å². The summed E-state index contributed by atoms with van der Waals surface area (Å²) in [6.45, 7) is 0.568. The van der Waals surface area contributed by atoms with Crippen molar-refractivity contribution in [1.29, 1.82) is 0 Å². The van der Waals surface area contributed by atoms with Crippen LogP contribution in [0.3, 0.4) is 0 Å². The number of hydrogen-bond acceptors (Lipinski definition) is 6. The molecule has 0 aliphatic rings. The topological polar surface area (TPSA) is 120 Å². The normalized spacial score (nSPS) is 10.7. The Morgan fingerprint density at radius 2 is 2.33 bits per heavy atom. The van der Waals surface area contributed by atoms with Gasteiger partial charge in [0.15, 0.2) is 11.5 Å². The van der Waals surface area contributed by atoms with Crippen LogP contribution in [-0.4, -0.2) is 28.2 Å². The molecule has 8 nitrogen and oxygen atoms in total. The molecule has 92 valence electrons. The summed E-state index contributed by atoms with van der Waals surface area (Å²) in [5.74, 6) is 17.1. The quantitative estimate of drug-likeness (QED) is 0.289. The van der Waals surface area contributed by atoms with E-state index in [0.29, 0.717) is 29.0 Å². The fraction of sp³-hybridized carbons (Fsp3) is 0.200. The fourth-order valence-corrected chi connectivity index (χ4v) is 1.52. The number of fused-ring (bicyclic) bond motifs is 1. The lowest BCUT2D eigenvalue weighted by molar-refractivity contribution is 0.938. The lowest BCUT2D eigenvalue weighted by atomic mass is 10.2. The van der Waals surface area contributed by atoms with E-state index >= 15 is 0 Å². The third kappa shape index (κ3) is 2.07. The van der Waals surface area contributed by atoms with Crippen molar-refractivity contribution < 1.29 is 0 Å². The predicted octanol–water partition coefficient (Wildman–Crippen LogP) is -0.327. The van der Waals surface area contributed by atoms with Crippen molar-refractivity contribution in [2.75, 3.05) is 19.4 Å². The maximum atomic E-state index is 5.79. The molecule has 0 spiro atoms. The van der Waals surface area contributed by atoms with Gasteiger partial charge in [-0.05, 0) is 7.05 Å². The third-order valence-corrected chi connectivity index (χ3v) is 2.23. The number of nitrogens with zero attached hydrogens (tertiary/aromatic N) is 5. The molecule has 18 heavy (non-hydrogen) atoms. The Morgan fingerprint density at radius 1 is 1.50 bits per heavy atom. The van der Waals surface area contributed by atoms with Crippen LogP contribution in [0.25, 0.3) is 11.0 Å². The van der Waals surface area contributed by atoms with Gasteiger partial charge < -0.3 is 17.0 Å². The van der Waals surface area contributed by atoms with Gasteiger partial charge in [-0.3, -0.25) is 4.68 Å². The van der Waals surface area contributed by atoms with Crippen LogP contribution in [0, 0.1) is 11.8 Å². The number of nitrogen functional groups attached to an aromatic ring is 1. The van der Waals surface area contributed by atoms with E-state index in [2.05, 4.69) is 37.5 Å². The number of aromatic nitrogens is 3. The van der Waals surface area contributed by atoms with Crippen LogP contribution >= 0.6 is 0 Å². The van der Waals surface area contributed by atoms with Gasteiger partial charge in [-0.15, -0.1) is 5.11 Å². The van der Waals surface area contributed by atoms with Crippen molar-refractivity contribution >= 4 is 16.9 Å². The van der Waals surface area contributed by atoms with Gasteiger partial charge in [0.1, 0.15) is 6.33 Å². The average molecular weight is 244 g/mol. The molecule has 0 fully saturated rings. The van der Waals surface area contributed by atoms with Gasteiger partial charge in [-0.25, -0.2) is 9.97 Å². The third-order valence-electron chi connectivity index (χ3n) is 2.23. The minimum absolute atomic E-state index is 0.348. The van der Waals surface area contributed by atoms with Crippen molar-refractivity contribution in [2.24, 2.45) is 16.2 Å². The van der Waals surface area contributed by atoms with Crippen LogP contribution in [0.1, 0.15) is 5.56 Å². The lowest BCUT2D eigenvalue weighted by Crippen LogP contribution is -2.06. The van der Waals surface area contributed by atoms with E-state index in [-0.39, 0.29) is 0 Å². The summed E-state index contributed by atoms with van der Waals surface area (Å²) in [6, 6.07) is 0. The van der Waals surface area contributed by atoms with Crippen molar-refractivity contribution in [3.63, 3.8) is 0 Å². The summed E-state index contributed by atoms with van der Waals surface area (Å²) in [6.07, 6.45) is 3.01. The van der Waals surface area contributed by atoms with Crippen molar-refractivity contribution in [2.45, 2.75) is 0 Å². The van der Waals surface area contributed by atoms with Gasteiger partial charge in [-0.1, -0.05) is 17.1 Å². The molecule has 0 radical (unpaired) electrons. The Balaban J connectivity index is 2.64.